The minimum absolute atomic E-state index is 0.0134. The van der Waals surface area contributed by atoms with E-state index in [-0.39, 0.29) is 6.61 Å². The molecule has 0 fully saturated rings. The zero-order valence-corrected chi connectivity index (χ0v) is 7.64. The van der Waals surface area contributed by atoms with Crippen molar-refractivity contribution in [3.8, 4) is 0 Å². The van der Waals surface area contributed by atoms with Gasteiger partial charge >= 0.3 is 0 Å². The molecule has 0 aliphatic rings. The Balaban J connectivity index is 3.02. The number of hydrogen-bond acceptors (Lipinski definition) is 1. The molecule has 1 radical (unpaired) electrons. The summed E-state index contributed by atoms with van der Waals surface area (Å²) in [7, 11) is 0. The minimum atomic E-state index is -0.0134. The molecule has 0 aromatic carbocycles. The van der Waals surface area contributed by atoms with Gasteiger partial charge in [0.25, 0.3) is 0 Å². The van der Waals surface area contributed by atoms with Gasteiger partial charge in [0.2, 0.25) is 0 Å². The smallest absolute Gasteiger partial charge is 0.0844 e. The van der Waals surface area contributed by atoms with Crippen molar-refractivity contribution in [3.05, 3.63) is 0 Å². The van der Waals surface area contributed by atoms with E-state index in [1.54, 1.807) is 0 Å². The third kappa shape index (κ3) is 7.82. The Labute approximate surface area is 69.6 Å². The molecule has 0 aliphatic heterocycles. The lowest BCUT2D eigenvalue weighted by Gasteiger charge is -2.10. The minimum Gasteiger partial charge on any atom is -0.378 e. The van der Waals surface area contributed by atoms with E-state index in [9.17, 15) is 5.11 Å². The molecule has 0 aromatic rings. The molecule has 67 valence electrons. The average molecular weight is 159 g/mol. The summed E-state index contributed by atoms with van der Waals surface area (Å²) in [6.45, 7) is 4.86. The lowest BCUT2D eigenvalue weighted by atomic mass is 10.2. The van der Waals surface area contributed by atoms with Crippen LogP contribution >= 0.6 is 0 Å². The molecule has 0 rings (SSSR count). The van der Waals surface area contributed by atoms with E-state index in [2.05, 4.69) is 13.8 Å². The van der Waals surface area contributed by atoms with Gasteiger partial charge in [0.1, 0.15) is 0 Å². The van der Waals surface area contributed by atoms with Crippen molar-refractivity contribution in [2.24, 2.45) is 0 Å². The monoisotopic (exact) mass is 159 g/mol. The van der Waals surface area contributed by atoms with Crippen molar-refractivity contribution < 1.29 is 9.84 Å². The molecule has 1 unspecified atom stereocenters. The second kappa shape index (κ2) is 8.02. The molecular weight excluding hydrogens is 140 g/mol. The number of ether oxygens (including phenoxy) is 1. The quantitative estimate of drug-likeness (QED) is 0.524. The lowest BCUT2D eigenvalue weighted by Crippen LogP contribution is -2.09. The zero-order chi connectivity index (χ0) is 8.53. The molecule has 0 aromatic heterocycles. The second-order valence-electron chi connectivity index (χ2n) is 2.88. The molecule has 0 heterocycles. The van der Waals surface area contributed by atoms with Crippen molar-refractivity contribution in [1.82, 2.24) is 0 Å². The van der Waals surface area contributed by atoms with Gasteiger partial charge in [0.05, 0.1) is 12.7 Å². The maximum Gasteiger partial charge on any atom is 0.0844 e. The highest BCUT2D eigenvalue weighted by Gasteiger charge is 1.99. The fourth-order valence-corrected chi connectivity index (χ4v) is 0.918. The highest BCUT2D eigenvalue weighted by molar-refractivity contribution is 4.49. The van der Waals surface area contributed by atoms with Gasteiger partial charge in [0.15, 0.2) is 0 Å². The first-order chi connectivity index (χ1) is 5.31. The Kier molecular flexibility index (Phi) is 7.96. The van der Waals surface area contributed by atoms with Crippen molar-refractivity contribution >= 4 is 0 Å². The average Bonchev–Trinajstić information content (AvgIpc) is 2.01. The van der Waals surface area contributed by atoms with Crippen LogP contribution in [0.2, 0.25) is 0 Å². The van der Waals surface area contributed by atoms with Gasteiger partial charge in [-0.3, -0.25) is 0 Å². The van der Waals surface area contributed by atoms with E-state index in [1.165, 1.54) is 12.8 Å². The third-order valence-electron chi connectivity index (χ3n) is 1.66. The van der Waals surface area contributed by atoms with Gasteiger partial charge in [-0.15, -0.1) is 0 Å². The molecule has 0 aliphatic carbocycles. The van der Waals surface area contributed by atoms with E-state index >= 15 is 0 Å². The maximum absolute atomic E-state index is 10.0. The van der Waals surface area contributed by atoms with Crippen LogP contribution in [0.5, 0.6) is 0 Å². The summed E-state index contributed by atoms with van der Waals surface area (Å²) in [5, 5.41) is 10.0. The van der Waals surface area contributed by atoms with Crippen LogP contribution in [0.15, 0.2) is 0 Å². The lowest BCUT2D eigenvalue weighted by molar-refractivity contribution is 0.0424. The largest absolute Gasteiger partial charge is 0.378 e. The van der Waals surface area contributed by atoms with Crippen LogP contribution in [0, 0.1) is 0 Å². The molecule has 2 nitrogen and oxygen atoms in total. The molecule has 0 spiro atoms. The van der Waals surface area contributed by atoms with Crippen molar-refractivity contribution in [3.63, 3.8) is 0 Å². The van der Waals surface area contributed by atoms with Gasteiger partial charge in [-0.1, -0.05) is 19.8 Å². The summed E-state index contributed by atoms with van der Waals surface area (Å²) in [6.07, 6.45) is 4.54. The maximum atomic E-state index is 10.0. The van der Waals surface area contributed by atoms with Crippen molar-refractivity contribution in [1.29, 1.82) is 0 Å². The van der Waals surface area contributed by atoms with Crippen molar-refractivity contribution in [2.45, 2.75) is 45.6 Å². The molecule has 0 bridgehead atoms. The third-order valence-corrected chi connectivity index (χ3v) is 1.66. The van der Waals surface area contributed by atoms with Gasteiger partial charge in [-0.05, 0) is 19.8 Å². The zero-order valence-electron chi connectivity index (χ0n) is 7.64. The molecule has 0 N–H and O–H groups in total. The van der Waals surface area contributed by atoms with Crippen LogP contribution in [-0.4, -0.2) is 19.3 Å². The van der Waals surface area contributed by atoms with Gasteiger partial charge < -0.3 is 4.74 Å². The number of rotatable bonds is 7. The van der Waals surface area contributed by atoms with Gasteiger partial charge in [0, 0.05) is 6.61 Å². The summed E-state index contributed by atoms with van der Waals surface area (Å²) in [5.74, 6) is 0. The van der Waals surface area contributed by atoms with E-state index in [1.807, 2.05) is 0 Å². The first-order valence-electron chi connectivity index (χ1n) is 4.51. The summed E-state index contributed by atoms with van der Waals surface area (Å²) in [6, 6.07) is 0. The Morgan fingerprint density at radius 3 is 2.64 bits per heavy atom. The molecule has 0 amide bonds. The first kappa shape index (κ1) is 10.9. The number of unbranched alkanes of at least 4 members (excludes halogenated alkanes) is 1. The normalized spacial score (nSPS) is 13.4. The summed E-state index contributed by atoms with van der Waals surface area (Å²) >= 11 is 0. The Bertz CT molecular complexity index is 74.0. The molecule has 0 saturated heterocycles. The predicted octanol–water partition coefficient (Wildman–Crippen LogP) is 2.40. The van der Waals surface area contributed by atoms with Crippen LogP contribution in [0.1, 0.15) is 39.5 Å². The molecule has 0 saturated carbocycles. The standard InChI is InChI=1S/C9H19O2/c1-3-4-6-9(2)11-8-5-7-10/h9H,3-8H2,1-2H3. The second-order valence-corrected chi connectivity index (χ2v) is 2.88. The summed E-state index contributed by atoms with van der Waals surface area (Å²) < 4.78 is 5.38. The Morgan fingerprint density at radius 1 is 1.36 bits per heavy atom. The van der Waals surface area contributed by atoms with Crippen LogP contribution in [0.25, 0.3) is 0 Å². The fraction of sp³-hybridized carbons (Fsp3) is 1.00. The van der Waals surface area contributed by atoms with Crippen LogP contribution in [-0.2, 0) is 9.84 Å². The predicted molar refractivity (Wildman–Crippen MR) is 45.1 cm³/mol. The molecule has 11 heavy (non-hydrogen) atoms. The Morgan fingerprint density at radius 2 is 2.09 bits per heavy atom. The Hall–Kier alpha value is -0.0800. The van der Waals surface area contributed by atoms with E-state index in [0.717, 1.165) is 6.42 Å². The molecule has 1 atom stereocenters. The molecular formula is C9H19O2. The van der Waals surface area contributed by atoms with Gasteiger partial charge in [-0.2, -0.15) is 0 Å². The van der Waals surface area contributed by atoms with Crippen LogP contribution in [0.4, 0.5) is 0 Å². The summed E-state index contributed by atoms with van der Waals surface area (Å²) in [5.41, 5.74) is 0. The summed E-state index contributed by atoms with van der Waals surface area (Å²) in [4.78, 5) is 0. The van der Waals surface area contributed by atoms with E-state index in [0.29, 0.717) is 19.1 Å². The molecule has 2 heteroatoms. The number of hydrogen-bond donors (Lipinski definition) is 0. The fourth-order valence-electron chi connectivity index (χ4n) is 0.918. The van der Waals surface area contributed by atoms with Crippen LogP contribution in [0.3, 0.4) is 0 Å². The topological polar surface area (TPSA) is 29.1 Å². The highest BCUT2D eigenvalue weighted by Crippen LogP contribution is 2.03. The van der Waals surface area contributed by atoms with Gasteiger partial charge in [-0.25, -0.2) is 5.11 Å². The highest BCUT2D eigenvalue weighted by atomic mass is 16.5. The van der Waals surface area contributed by atoms with E-state index < -0.39 is 0 Å². The van der Waals surface area contributed by atoms with E-state index in [4.69, 9.17) is 4.74 Å². The first-order valence-corrected chi connectivity index (χ1v) is 4.51. The SMILES string of the molecule is CCCCC(C)OCCC[O]. The van der Waals surface area contributed by atoms with Crippen LogP contribution < -0.4 is 0 Å². The van der Waals surface area contributed by atoms with Crippen molar-refractivity contribution in [2.75, 3.05) is 13.2 Å².